The summed E-state index contributed by atoms with van der Waals surface area (Å²) in [5, 5.41) is 8.69. The minimum Gasteiger partial charge on any atom is -0.502 e. The molecule has 1 aliphatic rings. The lowest BCUT2D eigenvalue weighted by Gasteiger charge is -2.28. The molecule has 0 aliphatic carbocycles. The molecule has 0 bridgehead atoms. The van der Waals surface area contributed by atoms with E-state index >= 15 is 0 Å². The molecule has 2 unspecified atom stereocenters. The fourth-order valence-electron chi connectivity index (χ4n) is 1.02. The molecule has 1 N–H and O–H groups in total. The SMILES string of the molecule is C=C(O)C(=O)OCC1COC(CI)CO1. The predicted molar refractivity (Wildman–Crippen MR) is 61.1 cm³/mol. The Kier molecular flexibility index (Phi) is 5.34. The van der Waals surface area contributed by atoms with Gasteiger partial charge in [-0.3, -0.25) is 0 Å². The number of hydrogen-bond donors (Lipinski definition) is 1. The van der Waals surface area contributed by atoms with Crippen molar-refractivity contribution in [1.29, 1.82) is 0 Å². The van der Waals surface area contributed by atoms with E-state index in [1.807, 2.05) is 0 Å². The molecule has 0 aromatic rings. The third-order valence-corrected chi connectivity index (χ3v) is 2.83. The van der Waals surface area contributed by atoms with Crippen molar-refractivity contribution >= 4 is 28.6 Å². The van der Waals surface area contributed by atoms with Gasteiger partial charge in [-0.2, -0.15) is 0 Å². The summed E-state index contributed by atoms with van der Waals surface area (Å²) in [6.45, 7) is 4.03. The second-order valence-electron chi connectivity index (χ2n) is 3.11. The van der Waals surface area contributed by atoms with Crippen LogP contribution >= 0.6 is 22.6 Å². The summed E-state index contributed by atoms with van der Waals surface area (Å²) in [5.74, 6) is -1.42. The van der Waals surface area contributed by atoms with Crippen LogP contribution in [0.4, 0.5) is 0 Å². The molecule has 2 atom stereocenters. The van der Waals surface area contributed by atoms with Crippen LogP contribution in [0.25, 0.3) is 0 Å². The van der Waals surface area contributed by atoms with E-state index in [0.29, 0.717) is 13.2 Å². The van der Waals surface area contributed by atoms with Crippen LogP contribution in [-0.4, -0.2) is 47.5 Å². The fraction of sp³-hybridized carbons (Fsp3) is 0.667. The molecular weight excluding hydrogens is 315 g/mol. The number of carbonyl (C=O) groups excluding carboxylic acids is 1. The number of carbonyl (C=O) groups is 1. The Hall–Kier alpha value is -0.340. The Labute approximate surface area is 102 Å². The zero-order valence-corrected chi connectivity index (χ0v) is 10.3. The second-order valence-corrected chi connectivity index (χ2v) is 3.99. The lowest BCUT2D eigenvalue weighted by atomic mass is 10.3. The van der Waals surface area contributed by atoms with Crippen molar-refractivity contribution in [3.8, 4) is 0 Å². The van der Waals surface area contributed by atoms with Crippen LogP contribution < -0.4 is 0 Å². The highest BCUT2D eigenvalue weighted by atomic mass is 127. The summed E-state index contributed by atoms with van der Waals surface area (Å²) < 4.78 is 16.4. The monoisotopic (exact) mass is 328 g/mol. The Morgan fingerprint density at radius 1 is 1.47 bits per heavy atom. The zero-order valence-electron chi connectivity index (χ0n) is 8.15. The summed E-state index contributed by atoms with van der Waals surface area (Å²) in [7, 11) is 0. The molecule has 1 saturated heterocycles. The molecule has 6 heteroatoms. The van der Waals surface area contributed by atoms with Gasteiger partial charge < -0.3 is 19.3 Å². The highest BCUT2D eigenvalue weighted by Crippen LogP contribution is 2.10. The van der Waals surface area contributed by atoms with Gasteiger partial charge >= 0.3 is 5.97 Å². The zero-order chi connectivity index (χ0) is 11.3. The molecule has 0 aromatic carbocycles. The Bertz CT molecular complexity index is 235. The van der Waals surface area contributed by atoms with Crippen molar-refractivity contribution in [1.82, 2.24) is 0 Å². The molecule has 0 spiro atoms. The minimum atomic E-state index is -0.824. The molecule has 5 nitrogen and oxygen atoms in total. The smallest absolute Gasteiger partial charge is 0.372 e. The average molecular weight is 328 g/mol. The molecule has 0 aromatic heterocycles. The molecule has 15 heavy (non-hydrogen) atoms. The van der Waals surface area contributed by atoms with E-state index in [1.165, 1.54) is 0 Å². The Balaban J connectivity index is 2.19. The van der Waals surface area contributed by atoms with Crippen LogP contribution in [0.2, 0.25) is 0 Å². The molecular formula is C9H13IO5. The van der Waals surface area contributed by atoms with Crippen LogP contribution in [-0.2, 0) is 19.0 Å². The van der Waals surface area contributed by atoms with Gasteiger partial charge in [0, 0.05) is 4.43 Å². The van der Waals surface area contributed by atoms with Gasteiger partial charge in [-0.05, 0) is 6.58 Å². The number of alkyl halides is 1. The van der Waals surface area contributed by atoms with Crippen molar-refractivity contribution in [2.24, 2.45) is 0 Å². The maximum atomic E-state index is 10.8. The Morgan fingerprint density at radius 2 is 2.07 bits per heavy atom. The first-order valence-corrected chi connectivity index (χ1v) is 6.00. The summed E-state index contributed by atoms with van der Waals surface area (Å²) in [6.07, 6.45) is -0.141. The van der Waals surface area contributed by atoms with Gasteiger partial charge in [-0.1, -0.05) is 22.6 Å². The van der Waals surface area contributed by atoms with Crippen molar-refractivity contribution < 1.29 is 24.1 Å². The normalized spacial score (nSPS) is 25.9. The van der Waals surface area contributed by atoms with E-state index in [9.17, 15) is 4.79 Å². The van der Waals surface area contributed by atoms with Crippen molar-refractivity contribution in [2.45, 2.75) is 12.2 Å². The van der Waals surface area contributed by atoms with Crippen LogP contribution in [0.15, 0.2) is 12.3 Å². The number of rotatable bonds is 4. The van der Waals surface area contributed by atoms with E-state index in [-0.39, 0.29) is 18.8 Å². The fourth-order valence-corrected chi connectivity index (χ4v) is 1.53. The van der Waals surface area contributed by atoms with Gasteiger partial charge in [0.2, 0.25) is 0 Å². The van der Waals surface area contributed by atoms with Gasteiger partial charge in [-0.15, -0.1) is 0 Å². The quantitative estimate of drug-likeness (QED) is 0.272. The largest absolute Gasteiger partial charge is 0.502 e. The number of halogens is 1. The lowest BCUT2D eigenvalue weighted by molar-refractivity contribution is -0.162. The van der Waals surface area contributed by atoms with Gasteiger partial charge in [0.1, 0.15) is 12.7 Å². The number of aliphatic hydroxyl groups excluding tert-OH is 1. The summed E-state index contributed by atoms with van der Waals surface area (Å²) in [6, 6.07) is 0. The molecule has 0 radical (unpaired) electrons. The van der Waals surface area contributed by atoms with Gasteiger partial charge in [0.25, 0.3) is 0 Å². The number of esters is 1. The minimum absolute atomic E-state index is 0.0758. The summed E-state index contributed by atoms with van der Waals surface area (Å²) >= 11 is 2.22. The molecule has 86 valence electrons. The third kappa shape index (κ3) is 4.35. The van der Waals surface area contributed by atoms with Crippen molar-refractivity contribution in [3.05, 3.63) is 12.3 Å². The number of hydrogen-bond acceptors (Lipinski definition) is 5. The van der Waals surface area contributed by atoms with E-state index in [1.54, 1.807) is 0 Å². The van der Waals surface area contributed by atoms with Crippen LogP contribution in [0.3, 0.4) is 0 Å². The summed E-state index contributed by atoms with van der Waals surface area (Å²) in [5.41, 5.74) is 0. The van der Waals surface area contributed by atoms with Crippen molar-refractivity contribution in [3.63, 3.8) is 0 Å². The first-order valence-electron chi connectivity index (χ1n) is 4.47. The Morgan fingerprint density at radius 3 is 2.53 bits per heavy atom. The first kappa shape index (κ1) is 12.7. The molecule has 1 heterocycles. The molecule has 0 saturated carbocycles. The molecule has 1 rings (SSSR count). The highest BCUT2D eigenvalue weighted by molar-refractivity contribution is 14.1. The topological polar surface area (TPSA) is 65.0 Å². The van der Waals surface area contributed by atoms with E-state index in [4.69, 9.17) is 19.3 Å². The van der Waals surface area contributed by atoms with Crippen LogP contribution in [0.1, 0.15) is 0 Å². The molecule has 1 aliphatic heterocycles. The number of aliphatic hydroxyl groups is 1. The first-order chi connectivity index (χ1) is 7.13. The van der Waals surface area contributed by atoms with E-state index < -0.39 is 11.7 Å². The van der Waals surface area contributed by atoms with Gasteiger partial charge in [-0.25, -0.2) is 4.79 Å². The lowest BCUT2D eigenvalue weighted by Crippen LogP contribution is -2.39. The van der Waals surface area contributed by atoms with Gasteiger partial charge in [0.05, 0.1) is 19.3 Å². The molecule has 1 fully saturated rings. The average Bonchev–Trinajstić information content (AvgIpc) is 2.26. The maximum Gasteiger partial charge on any atom is 0.372 e. The van der Waals surface area contributed by atoms with Crippen LogP contribution in [0, 0.1) is 0 Å². The second kappa shape index (κ2) is 6.29. The predicted octanol–water partition coefficient (Wildman–Crippen LogP) is 0.820. The van der Waals surface area contributed by atoms with Gasteiger partial charge in [0.15, 0.2) is 5.76 Å². The number of ether oxygens (including phenoxy) is 3. The summed E-state index contributed by atoms with van der Waals surface area (Å²) in [4.78, 5) is 10.8. The van der Waals surface area contributed by atoms with E-state index in [0.717, 1.165) is 4.43 Å². The highest BCUT2D eigenvalue weighted by Gasteiger charge is 2.22. The maximum absolute atomic E-state index is 10.8. The van der Waals surface area contributed by atoms with E-state index in [2.05, 4.69) is 29.2 Å². The van der Waals surface area contributed by atoms with Crippen molar-refractivity contribution in [2.75, 3.05) is 24.2 Å². The molecule has 0 amide bonds. The van der Waals surface area contributed by atoms with Crippen LogP contribution in [0.5, 0.6) is 0 Å². The third-order valence-electron chi connectivity index (χ3n) is 1.84. The standard InChI is InChI=1S/C9H13IO5/c1-6(11)9(12)15-5-8-4-13-7(2-10)3-14-8/h7-8,11H,1-5H2.